The number of rotatable bonds is 9. The zero-order chi connectivity index (χ0) is 19.2. The van der Waals surface area contributed by atoms with Crippen molar-refractivity contribution in [3.8, 4) is 22.8 Å². The number of ether oxygens (including phenoxy) is 2. The smallest absolute Gasteiger partial charge is 0.161 e. The van der Waals surface area contributed by atoms with E-state index in [1.807, 2.05) is 19.9 Å². The Hall–Kier alpha value is -2.46. The SMILES string of the molecule is CCOc1ccc(-c2[nH]c3ccc(C)cc3c2CCCCN)cc1OCC. The molecule has 144 valence electrons. The molecule has 0 saturated heterocycles. The van der Waals surface area contributed by atoms with Gasteiger partial charge in [-0.05, 0) is 82.5 Å². The third-order valence-electron chi connectivity index (χ3n) is 4.77. The van der Waals surface area contributed by atoms with E-state index in [9.17, 15) is 0 Å². The molecule has 0 fully saturated rings. The zero-order valence-corrected chi connectivity index (χ0v) is 16.6. The number of benzene rings is 2. The minimum Gasteiger partial charge on any atom is -0.490 e. The van der Waals surface area contributed by atoms with Crippen LogP contribution in [-0.4, -0.2) is 24.7 Å². The lowest BCUT2D eigenvalue weighted by Crippen LogP contribution is -2.00. The van der Waals surface area contributed by atoms with Crippen molar-refractivity contribution in [1.29, 1.82) is 0 Å². The number of unbranched alkanes of at least 4 members (excludes halogenated alkanes) is 1. The average molecular weight is 367 g/mol. The predicted octanol–water partition coefficient (Wildman–Crippen LogP) is 5.22. The van der Waals surface area contributed by atoms with Crippen LogP contribution in [0.25, 0.3) is 22.2 Å². The van der Waals surface area contributed by atoms with Crippen molar-refractivity contribution in [2.75, 3.05) is 19.8 Å². The fourth-order valence-corrected chi connectivity index (χ4v) is 3.52. The van der Waals surface area contributed by atoms with Gasteiger partial charge in [0.05, 0.1) is 13.2 Å². The normalized spacial score (nSPS) is 11.1. The number of hydrogen-bond donors (Lipinski definition) is 2. The van der Waals surface area contributed by atoms with E-state index in [1.165, 1.54) is 22.0 Å². The van der Waals surface area contributed by atoms with Crippen LogP contribution in [0.1, 0.15) is 37.8 Å². The molecular weight excluding hydrogens is 336 g/mol. The zero-order valence-electron chi connectivity index (χ0n) is 16.6. The Bertz CT molecular complexity index is 899. The molecule has 27 heavy (non-hydrogen) atoms. The predicted molar refractivity (Wildman–Crippen MR) is 113 cm³/mol. The fraction of sp³-hybridized carbons (Fsp3) is 0.391. The van der Waals surface area contributed by atoms with Crippen LogP contribution < -0.4 is 15.2 Å². The second-order valence-corrected chi connectivity index (χ2v) is 6.80. The Labute approximate surface area is 161 Å². The molecule has 0 unspecified atom stereocenters. The molecule has 2 aromatic carbocycles. The molecule has 0 aliphatic rings. The Kier molecular flexibility index (Phi) is 6.40. The summed E-state index contributed by atoms with van der Waals surface area (Å²) >= 11 is 0. The lowest BCUT2D eigenvalue weighted by Gasteiger charge is -2.13. The van der Waals surface area contributed by atoms with Crippen LogP contribution in [0, 0.1) is 6.92 Å². The number of aromatic nitrogens is 1. The van der Waals surface area contributed by atoms with E-state index in [1.54, 1.807) is 0 Å². The molecule has 0 spiro atoms. The van der Waals surface area contributed by atoms with Crippen LogP contribution in [0.3, 0.4) is 0 Å². The second kappa shape index (κ2) is 8.96. The lowest BCUT2D eigenvalue weighted by molar-refractivity contribution is 0.288. The van der Waals surface area contributed by atoms with E-state index >= 15 is 0 Å². The van der Waals surface area contributed by atoms with Crippen molar-refractivity contribution in [2.45, 2.75) is 40.0 Å². The topological polar surface area (TPSA) is 60.3 Å². The Morgan fingerprint density at radius 2 is 1.70 bits per heavy atom. The van der Waals surface area contributed by atoms with Gasteiger partial charge in [-0.1, -0.05) is 11.6 Å². The van der Waals surface area contributed by atoms with E-state index in [-0.39, 0.29) is 0 Å². The standard InChI is InChI=1S/C23H30N2O2/c1-4-26-21-12-10-17(15-22(21)27-5-2)23-18(8-6-7-13-24)19-14-16(3)9-11-20(19)25-23/h9-12,14-15,25H,4-8,13,24H2,1-3H3. The fourth-order valence-electron chi connectivity index (χ4n) is 3.52. The second-order valence-electron chi connectivity index (χ2n) is 6.80. The van der Waals surface area contributed by atoms with Gasteiger partial charge >= 0.3 is 0 Å². The van der Waals surface area contributed by atoms with Crippen LogP contribution in [-0.2, 0) is 6.42 Å². The summed E-state index contributed by atoms with van der Waals surface area (Å²) in [5, 5.41) is 1.30. The summed E-state index contributed by atoms with van der Waals surface area (Å²) < 4.78 is 11.5. The van der Waals surface area contributed by atoms with Gasteiger partial charge in [-0.2, -0.15) is 0 Å². The van der Waals surface area contributed by atoms with Gasteiger partial charge in [0.15, 0.2) is 11.5 Å². The van der Waals surface area contributed by atoms with E-state index in [2.05, 4.69) is 42.2 Å². The summed E-state index contributed by atoms with van der Waals surface area (Å²) in [6.07, 6.45) is 3.12. The molecule has 3 N–H and O–H groups in total. The third-order valence-corrected chi connectivity index (χ3v) is 4.77. The van der Waals surface area contributed by atoms with Crippen molar-refractivity contribution in [1.82, 2.24) is 4.98 Å². The molecule has 4 heteroatoms. The van der Waals surface area contributed by atoms with E-state index in [0.717, 1.165) is 48.6 Å². The summed E-state index contributed by atoms with van der Waals surface area (Å²) in [5.74, 6) is 1.58. The molecule has 0 saturated carbocycles. The largest absolute Gasteiger partial charge is 0.490 e. The van der Waals surface area contributed by atoms with Crippen LogP contribution in [0.4, 0.5) is 0 Å². The Balaban J connectivity index is 2.09. The molecule has 1 aromatic heterocycles. The van der Waals surface area contributed by atoms with Crippen LogP contribution in [0.2, 0.25) is 0 Å². The van der Waals surface area contributed by atoms with Gasteiger partial charge in [-0.3, -0.25) is 0 Å². The summed E-state index contributed by atoms with van der Waals surface area (Å²) in [6.45, 7) is 8.08. The maximum absolute atomic E-state index is 5.83. The molecule has 0 aliphatic carbocycles. The van der Waals surface area contributed by atoms with E-state index in [4.69, 9.17) is 15.2 Å². The van der Waals surface area contributed by atoms with Crippen molar-refractivity contribution in [3.05, 3.63) is 47.5 Å². The number of H-pyrrole nitrogens is 1. The molecule has 1 heterocycles. The summed E-state index contributed by atoms with van der Waals surface area (Å²) in [5.41, 5.74) is 11.8. The van der Waals surface area contributed by atoms with E-state index < -0.39 is 0 Å². The maximum Gasteiger partial charge on any atom is 0.161 e. The monoisotopic (exact) mass is 366 g/mol. The highest BCUT2D eigenvalue weighted by Crippen LogP contribution is 2.37. The number of hydrogen-bond acceptors (Lipinski definition) is 3. The maximum atomic E-state index is 5.83. The molecule has 0 aliphatic heterocycles. The Morgan fingerprint density at radius 1 is 0.926 bits per heavy atom. The van der Waals surface area contributed by atoms with Crippen molar-refractivity contribution in [2.24, 2.45) is 5.73 Å². The van der Waals surface area contributed by atoms with Gasteiger partial charge in [0.1, 0.15) is 0 Å². The molecule has 0 radical (unpaired) electrons. The number of nitrogens with two attached hydrogens (primary N) is 1. The van der Waals surface area contributed by atoms with Crippen LogP contribution >= 0.6 is 0 Å². The number of fused-ring (bicyclic) bond motifs is 1. The van der Waals surface area contributed by atoms with Gasteiger partial charge in [0.2, 0.25) is 0 Å². The highest BCUT2D eigenvalue weighted by Gasteiger charge is 2.15. The first-order chi connectivity index (χ1) is 13.2. The van der Waals surface area contributed by atoms with Crippen molar-refractivity contribution < 1.29 is 9.47 Å². The summed E-state index contributed by atoms with van der Waals surface area (Å²) in [4.78, 5) is 3.63. The minimum atomic E-state index is 0.610. The van der Waals surface area contributed by atoms with Crippen molar-refractivity contribution >= 4 is 10.9 Å². The van der Waals surface area contributed by atoms with Gasteiger partial charge in [0, 0.05) is 22.2 Å². The third kappa shape index (κ3) is 4.28. The molecule has 0 bridgehead atoms. The molecule has 3 aromatic rings. The first-order valence-electron chi connectivity index (χ1n) is 9.89. The number of aromatic amines is 1. The van der Waals surface area contributed by atoms with Crippen molar-refractivity contribution in [3.63, 3.8) is 0 Å². The van der Waals surface area contributed by atoms with Gasteiger partial charge in [-0.15, -0.1) is 0 Å². The minimum absolute atomic E-state index is 0.610. The highest BCUT2D eigenvalue weighted by atomic mass is 16.5. The van der Waals surface area contributed by atoms with Crippen LogP contribution in [0.5, 0.6) is 11.5 Å². The average Bonchev–Trinajstić information content (AvgIpc) is 3.02. The van der Waals surface area contributed by atoms with E-state index in [0.29, 0.717) is 13.2 Å². The molecule has 0 atom stereocenters. The summed E-state index contributed by atoms with van der Waals surface area (Å²) in [7, 11) is 0. The summed E-state index contributed by atoms with van der Waals surface area (Å²) in [6, 6.07) is 12.8. The van der Waals surface area contributed by atoms with Gasteiger partial charge < -0.3 is 20.2 Å². The molecular formula is C23H30N2O2. The van der Waals surface area contributed by atoms with Gasteiger partial charge in [-0.25, -0.2) is 0 Å². The molecule has 3 rings (SSSR count). The lowest BCUT2D eigenvalue weighted by atomic mass is 9.99. The quantitative estimate of drug-likeness (QED) is 0.510. The highest BCUT2D eigenvalue weighted by molar-refractivity contribution is 5.91. The molecule has 0 amide bonds. The van der Waals surface area contributed by atoms with Gasteiger partial charge in [0.25, 0.3) is 0 Å². The first-order valence-corrected chi connectivity index (χ1v) is 9.89. The number of aryl methyl sites for hydroxylation is 2. The first kappa shape index (κ1) is 19.3. The Morgan fingerprint density at radius 3 is 2.44 bits per heavy atom. The number of nitrogens with one attached hydrogen (secondary N) is 1. The van der Waals surface area contributed by atoms with Crippen LogP contribution in [0.15, 0.2) is 36.4 Å². The molecule has 4 nitrogen and oxygen atoms in total.